The molecule has 0 spiro atoms. The molecule has 24 heavy (non-hydrogen) atoms. The number of aromatic nitrogens is 2. The zero-order chi connectivity index (χ0) is 16.4. The highest BCUT2D eigenvalue weighted by Gasteiger charge is 2.28. The van der Waals surface area contributed by atoms with Crippen LogP contribution in [0.25, 0.3) is 0 Å². The maximum absolute atomic E-state index is 5.27. The fourth-order valence-electron chi connectivity index (χ4n) is 2.73. The molecule has 1 saturated carbocycles. The fourth-order valence-corrected chi connectivity index (χ4v) is 3.40. The molecule has 5 heteroatoms. The number of nitrogens with zero attached hydrogens (tertiary/aromatic N) is 2. The Morgan fingerprint density at radius 2 is 1.75 bits per heavy atom. The Labute approximate surface area is 145 Å². The number of nitrogens with one attached hydrogen (secondary N) is 1. The summed E-state index contributed by atoms with van der Waals surface area (Å²) >= 11 is 1.45. The Morgan fingerprint density at radius 3 is 2.42 bits per heavy atom. The van der Waals surface area contributed by atoms with Gasteiger partial charge in [-0.3, -0.25) is 0 Å². The Morgan fingerprint density at radius 1 is 1.04 bits per heavy atom. The van der Waals surface area contributed by atoms with E-state index in [1.807, 2.05) is 18.2 Å². The summed E-state index contributed by atoms with van der Waals surface area (Å²) in [5.41, 5.74) is 2.37. The highest BCUT2D eigenvalue weighted by molar-refractivity contribution is 7.09. The predicted molar refractivity (Wildman–Crippen MR) is 96.8 cm³/mol. The summed E-state index contributed by atoms with van der Waals surface area (Å²) < 4.78 is 9.76. The van der Waals surface area contributed by atoms with Crippen LogP contribution in [0.15, 0.2) is 54.6 Å². The zero-order valence-corrected chi connectivity index (χ0v) is 14.3. The molecule has 0 saturated heterocycles. The number of methoxy groups -OCH3 is 1. The lowest BCUT2D eigenvalue weighted by Gasteiger charge is -2.19. The van der Waals surface area contributed by atoms with Gasteiger partial charge in [0.25, 0.3) is 0 Å². The monoisotopic (exact) mass is 337 g/mol. The van der Waals surface area contributed by atoms with Crippen molar-refractivity contribution in [2.24, 2.45) is 0 Å². The normalized spacial score (nSPS) is 15.0. The van der Waals surface area contributed by atoms with Gasteiger partial charge in [-0.1, -0.05) is 42.5 Å². The van der Waals surface area contributed by atoms with Crippen LogP contribution in [0.1, 0.15) is 41.8 Å². The summed E-state index contributed by atoms with van der Waals surface area (Å²) in [5, 5.41) is 4.43. The molecule has 4 nitrogen and oxygen atoms in total. The number of benzene rings is 2. The van der Waals surface area contributed by atoms with Gasteiger partial charge in [-0.25, -0.2) is 4.98 Å². The minimum absolute atomic E-state index is 0.0390. The molecular formula is C19H19N3OS. The summed E-state index contributed by atoms with van der Waals surface area (Å²) in [5.74, 6) is 2.43. The van der Waals surface area contributed by atoms with Crippen LogP contribution < -0.4 is 10.1 Å². The minimum atomic E-state index is 0.0390. The third-order valence-electron chi connectivity index (χ3n) is 4.23. The van der Waals surface area contributed by atoms with Crippen LogP contribution in [-0.2, 0) is 0 Å². The van der Waals surface area contributed by atoms with Crippen molar-refractivity contribution in [3.8, 4) is 5.75 Å². The van der Waals surface area contributed by atoms with E-state index in [2.05, 4.69) is 51.1 Å². The molecule has 3 aromatic rings. The Hall–Kier alpha value is -2.40. The summed E-state index contributed by atoms with van der Waals surface area (Å²) in [7, 11) is 1.68. The number of rotatable bonds is 6. The molecule has 1 aromatic heterocycles. The van der Waals surface area contributed by atoms with Crippen molar-refractivity contribution in [2.75, 3.05) is 12.4 Å². The van der Waals surface area contributed by atoms with Gasteiger partial charge < -0.3 is 10.1 Å². The second-order valence-corrected chi connectivity index (χ2v) is 6.75. The third-order valence-corrected chi connectivity index (χ3v) is 4.89. The zero-order valence-electron chi connectivity index (χ0n) is 13.5. The number of hydrogen-bond acceptors (Lipinski definition) is 5. The molecule has 1 fully saturated rings. The largest absolute Gasteiger partial charge is 0.497 e. The van der Waals surface area contributed by atoms with Crippen molar-refractivity contribution in [2.45, 2.75) is 24.8 Å². The van der Waals surface area contributed by atoms with E-state index in [-0.39, 0.29) is 6.04 Å². The Kier molecular flexibility index (Phi) is 4.17. The molecule has 1 aliphatic carbocycles. The summed E-state index contributed by atoms with van der Waals surface area (Å²) in [6, 6.07) is 18.6. The number of anilines is 1. The predicted octanol–water partition coefficient (Wildman–Crippen LogP) is 4.63. The molecule has 0 aliphatic heterocycles. The van der Waals surface area contributed by atoms with Crippen LogP contribution in [0, 0.1) is 0 Å². The number of hydrogen-bond donors (Lipinski definition) is 1. The van der Waals surface area contributed by atoms with E-state index in [1.54, 1.807) is 7.11 Å². The second kappa shape index (κ2) is 6.61. The lowest BCUT2D eigenvalue weighted by atomic mass is 9.99. The standard InChI is InChI=1S/C19H19N3OS/c1-23-16-11-9-14(10-12-16)17(13-5-3-2-4-6-13)20-19-21-18(22-24-19)15-7-8-15/h2-6,9-12,15,17H,7-8H2,1H3,(H,20,21,22). The molecule has 1 aliphatic rings. The van der Waals surface area contributed by atoms with Crippen molar-refractivity contribution in [1.29, 1.82) is 0 Å². The van der Waals surface area contributed by atoms with Gasteiger partial charge in [0.2, 0.25) is 5.13 Å². The highest BCUT2D eigenvalue weighted by atomic mass is 32.1. The van der Waals surface area contributed by atoms with E-state index < -0.39 is 0 Å². The van der Waals surface area contributed by atoms with Gasteiger partial charge in [0, 0.05) is 17.5 Å². The van der Waals surface area contributed by atoms with Crippen molar-refractivity contribution in [3.05, 3.63) is 71.5 Å². The van der Waals surface area contributed by atoms with Crippen molar-refractivity contribution in [1.82, 2.24) is 9.36 Å². The van der Waals surface area contributed by atoms with Crippen LogP contribution in [0.2, 0.25) is 0 Å². The van der Waals surface area contributed by atoms with E-state index in [4.69, 9.17) is 4.74 Å². The fraction of sp³-hybridized carbons (Fsp3) is 0.263. The van der Waals surface area contributed by atoms with Gasteiger partial charge in [0.05, 0.1) is 13.2 Å². The van der Waals surface area contributed by atoms with E-state index in [0.29, 0.717) is 5.92 Å². The van der Waals surface area contributed by atoms with Crippen LogP contribution in [-0.4, -0.2) is 16.5 Å². The molecule has 1 N–H and O–H groups in total. The highest BCUT2D eigenvalue weighted by Crippen LogP contribution is 2.40. The summed E-state index contributed by atoms with van der Waals surface area (Å²) in [4.78, 5) is 4.67. The van der Waals surface area contributed by atoms with Gasteiger partial charge in [0.1, 0.15) is 11.6 Å². The first-order chi connectivity index (χ1) is 11.8. The lowest BCUT2D eigenvalue weighted by Crippen LogP contribution is -2.12. The van der Waals surface area contributed by atoms with Crippen LogP contribution >= 0.6 is 11.5 Å². The lowest BCUT2D eigenvalue weighted by molar-refractivity contribution is 0.414. The van der Waals surface area contributed by atoms with Crippen molar-refractivity contribution < 1.29 is 4.74 Å². The van der Waals surface area contributed by atoms with Gasteiger partial charge in [-0.2, -0.15) is 4.37 Å². The molecule has 1 heterocycles. The molecule has 0 bridgehead atoms. The van der Waals surface area contributed by atoms with E-state index in [9.17, 15) is 0 Å². The van der Waals surface area contributed by atoms with Crippen LogP contribution in [0.3, 0.4) is 0 Å². The third kappa shape index (κ3) is 3.26. The maximum atomic E-state index is 5.27. The quantitative estimate of drug-likeness (QED) is 0.712. The van der Waals surface area contributed by atoms with Crippen LogP contribution in [0.4, 0.5) is 5.13 Å². The maximum Gasteiger partial charge on any atom is 0.203 e. The SMILES string of the molecule is COc1ccc(C(Nc2nc(C3CC3)ns2)c2ccccc2)cc1. The first-order valence-electron chi connectivity index (χ1n) is 8.12. The molecule has 1 unspecified atom stereocenters. The van der Waals surface area contributed by atoms with E-state index in [0.717, 1.165) is 16.7 Å². The minimum Gasteiger partial charge on any atom is -0.497 e. The first-order valence-corrected chi connectivity index (χ1v) is 8.90. The van der Waals surface area contributed by atoms with E-state index in [1.165, 1.54) is 35.5 Å². The molecule has 2 aromatic carbocycles. The molecular weight excluding hydrogens is 318 g/mol. The Bertz CT molecular complexity index is 797. The smallest absolute Gasteiger partial charge is 0.203 e. The van der Waals surface area contributed by atoms with Crippen molar-refractivity contribution in [3.63, 3.8) is 0 Å². The Balaban J connectivity index is 1.63. The molecule has 1 atom stereocenters. The second-order valence-electron chi connectivity index (χ2n) is 5.99. The van der Waals surface area contributed by atoms with Gasteiger partial charge >= 0.3 is 0 Å². The van der Waals surface area contributed by atoms with Gasteiger partial charge in [0.15, 0.2) is 0 Å². The van der Waals surface area contributed by atoms with Gasteiger partial charge in [-0.05, 0) is 36.1 Å². The summed E-state index contributed by atoms with van der Waals surface area (Å²) in [6.45, 7) is 0. The van der Waals surface area contributed by atoms with Crippen LogP contribution in [0.5, 0.6) is 5.75 Å². The average Bonchev–Trinajstić information content (AvgIpc) is 3.39. The topological polar surface area (TPSA) is 47.0 Å². The average molecular weight is 337 g/mol. The molecule has 0 radical (unpaired) electrons. The molecule has 4 rings (SSSR count). The number of ether oxygens (including phenoxy) is 1. The van der Waals surface area contributed by atoms with Crippen molar-refractivity contribution >= 4 is 16.7 Å². The first kappa shape index (κ1) is 15.1. The molecule has 122 valence electrons. The molecule has 0 amide bonds. The summed E-state index contributed by atoms with van der Waals surface area (Å²) in [6.07, 6.45) is 2.44. The van der Waals surface area contributed by atoms with Gasteiger partial charge in [-0.15, -0.1) is 0 Å². The van der Waals surface area contributed by atoms with E-state index >= 15 is 0 Å².